The molecule has 1 aromatic carbocycles. The second kappa shape index (κ2) is 11.0. The summed E-state index contributed by atoms with van der Waals surface area (Å²) < 4.78 is 0. The predicted molar refractivity (Wildman–Crippen MR) is 129 cm³/mol. The molecule has 3 unspecified atom stereocenters. The summed E-state index contributed by atoms with van der Waals surface area (Å²) >= 11 is 1.62. The van der Waals surface area contributed by atoms with Crippen molar-refractivity contribution >= 4 is 23.2 Å². The zero-order valence-corrected chi connectivity index (χ0v) is 20.7. The number of rotatable bonds is 5. The molecule has 1 saturated heterocycles. The van der Waals surface area contributed by atoms with Crippen molar-refractivity contribution < 1.29 is 14.7 Å². The smallest absolute Gasteiger partial charge is 0.243 e. The summed E-state index contributed by atoms with van der Waals surface area (Å²) in [5.41, 5.74) is 10.8. The van der Waals surface area contributed by atoms with E-state index < -0.39 is 12.1 Å². The van der Waals surface area contributed by atoms with Gasteiger partial charge in [-0.3, -0.25) is 9.59 Å². The van der Waals surface area contributed by atoms with E-state index in [1.807, 2.05) is 52.3 Å². The number of hydrogen-bond acceptors (Lipinski definition) is 6. The van der Waals surface area contributed by atoms with E-state index in [1.165, 1.54) is 0 Å². The van der Waals surface area contributed by atoms with Gasteiger partial charge in [-0.25, -0.2) is 4.98 Å². The van der Waals surface area contributed by atoms with Crippen LogP contribution in [-0.4, -0.2) is 52.5 Å². The Labute approximate surface area is 195 Å². The van der Waals surface area contributed by atoms with Gasteiger partial charge in [-0.15, -0.1) is 11.3 Å². The molecule has 0 bridgehead atoms. The molecule has 2 heterocycles. The van der Waals surface area contributed by atoms with Crippen molar-refractivity contribution in [3.63, 3.8) is 0 Å². The summed E-state index contributed by atoms with van der Waals surface area (Å²) in [4.78, 5) is 32.9. The van der Waals surface area contributed by atoms with Crippen LogP contribution in [0.3, 0.4) is 0 Å². The number of benzene rings is 1. The van der Waals surface area contributed by atoms with Crippen LogP contribution in [0, 0.1) is 12.3 Å². The van der Waals surface area contributed by atoms with Gasteiger partial charge in [-0.05, 0) is 43.2 Å². The van der Waals surface area contributed by atoms with E-state index in [1.54, 1.807) is 16.2 Å². The van der Waals surface area contributed by atoms with E-state index in [0.717, 1.165) is 35.2 Å². The fourth-order valence-corrected chi connectivity index (χ4v) is 4.56. The highest BCUT2D eigenvalue weighted by Gasteiger charge is 2.39. The van der Waals surface area contributed by atoms with E-state index in [-0.39, 0.29) is 23.3 Å². The first-order valence-corrected chi connectivity index (χ1v) is 11.8. The third kappa shape index (κ3) is 5.94. The molecule has 0 spiro atoms. The largest absolute Gasteiger partial charge is 0.400 e. The number of thiazole rings is 1. The fourth-order valence-electron chi connectivity index (χ4n) is 3.75. The lowest BCUT2D eigenvalue weighted by Crippen LogP contribution is -2.55. The van der Waals surface area contributed by atoms with Gasteiger partial charge in [0.05, 0.1) is 28.2 Å². The van der Waals surface area contributed by atoms with E-state index in [4.69, 9.17) is 10.8 Å². The second-order valence-electron chi connectivity index (χ2n) is 9.15. The molecule has 0 radical (unpaired) electrons. The van der Waals surface area contributed by atoms with Crippen molar-refractivity contribution in [2.45, 2.75) is 65.6 Å². The zero-order chi connectivity index (χ0) is 24.1. The maximum atomic E-state index is 13.0. The van der Waals surface area contributed by atoms with E-state index >= 15 is 0 Å². The van der Waals surface area contributed by atoms with E-state index in [0.29, 0.717) is 13.0 Å². The number of aliphatic hydroxyl groups is 1. The van der Waals surface area contributed by atoms with Crippen molar-refractivity contribution in [3.05, 3.63) is 41.0 Å². The molecule has 4 N–H and O–H groups in total. The van der Waals surface area contributed by atoms with Crippen molar-refractivity contribution in [3.8, 4) is 10.4 Å². The Kier molecular flexibility index (Phi) is 8.95. The summed E-state index contributed by atoms with van der Waals surface area (Å²) in [6.07, 6.45) is 1.49. The van der Waals surface area contributed by atoms with Crippen LogP contribution >= 0.6 is 11.3 Å². The second-order valence-corrected chi connectivity index (χ2v) is 10.0. The van der Waals surface area contributed by atoms with Gasteiger partial charge in [0.25, 0.3) is 0 Å². The van der Waals surface area contributed by atoms with E-state index in [2.05, 4.69) is 22.4 Å². The molecule has 176 valence electrons. The van der Waals surface area contributed by atoms with Gasteiger partial charge >= 0.3 is 0 Å². The summed E-state index contributed by atoms with van der Waals surface area (Å²) in [6.45, 7) is 10.4. The first kappa shape index (κ1) is 26.0. The Hall–Kier alpha value is -2.29. The van der Waals surface area contributed by atoms with Crippen LogP contribution in [-0.2, 0) is 9.59 Å². The Morgan fingerprint density at radius 3 is 2.41 bits per heavy atom. The number of nitrogens with zero attached hydrogens (tertiary/aromatic N) is 2. The van der Waals surface area contributed by atoms with Gasteiger partial charge < -0.3 is 21.1 Å². The lowest BCUT2D eigenvalue weighted by atomic mass is 9.86. The molecule has 8 heteroatoms. The molecule has 1 aliphatic rings. The normalized spacial score (nSPS) is 17.9. The van der Waals surface area contributed by atoms with Crippen LogP contribution in [0.2, 0.25) is 0 Å². The molecule has 1 aliphatic heterocycles. The minimum absolute atomic E-state index is 0.114. The Morgan fingerprint density at radius 2 is 1.88 bits per heavy atom. The van der Waals surface area contributed by atoms with Crippen LogP contribution in [0.15, 0.2) is 29.8 Å². The quantitative estimate of drug-likeness (QED) is 0.635. The number of nitrogens with two attached hydrogens (primary N) is 1. The topological polar surface area (TPSA) is 109 Å². The van der Waals surface area contributed by atoms with Gasteiger partial charge in [0.15, 0.2) is 0 Å². The van der Waals surface area contributed by atoms with Crippen LogP contribution in [0.5, 0.6) is 0 Å². The summed E-state index contributed by atoms with van der Waals surface area (Å²) in [5, 5.41) is 10.1. The number of amides is 2. The number of carbonyl (C=O) groups excluding carboxylic acids is 2. The molecule has 3 rings (SSSR count). The lowest BCUT2D eigenvalue weighted by molar-refractivity contribution is -0.141. The van der Waals surface area contributed by atoms with Gasteiger partial charge in [-0.1, -0.05) is 45.0 Å². The maximum absolute atomic E-state index is 13.0. The Morgan fingerprint density at radius 1 is 1.25 bits per heavy atom. The van der Waals surface area contributed by atoms with Crippen molar-refractivity contribution in [2.75, 3.05) is 13.7 Å². The number of carbonyl (C=O) groups is 2. The highest BCUT2D eigenvalue weighted by atomic mass is 32.1. The third-order valence-electron chi connectivity index (χ3n) is 5.81. The molecule has 1 aromatic heterocycles. The van der Waals surface area contributed by atoms with Crippen LogP contribution in [0.1, 0.15) is 57.8 Å². The summed E-state index contributed by atoms with van der Waals surface area (Å²) in [7, 11) is 1.00. The molecule has 3 atom stereocenters. The fraction of sp³-hybridized carbons (Fsp3) is 0.542. The molecule has 32 heavy (non-hydrogen) atoms. The molecule has 0 saturated carbocycles. The van der Waals surface area contributed by atoms with Crippen molar-refractivity contribution in [1.82, 2.24) is 15.2 Å². The molecular formula is C24H36N4O3S. The van der Waals surface area contributed by atoms with Crippen molar-refractivity contribution in [2.24, 2.45) is 11.1 Å². The standard InChI is InChI=1S/C23H32N4O2S.CH4O/c1-14(16-8-10-17(11-9-16)19-15(2)25-13-30-19)26-21(28)18-7-6-12-27(18)22(29)20(24)23(3,4)5;1-2/h8-11,13-14,18,20H,6-7,12,24H2,1-5H3,(H,26,28);2H,1H3. The van der Waals surface area contributed by atoms with E-state index in [9.17, 15) is 9.59 Å². The summed E-state index contributed by atoms with van der Waals surface area (Å²) in [5.74, 6) is -0.256. The minimum atomic E-state index is -0.619. The number of aryl methyl sites for hydroxylation is 1. The highest BCUT2D eigenvalue weighted by Crippen LogP contribution is 2.29. The average Bonchev–Trinajstić information content (AvgIpc) is 3.42. The molecule has 2 amide bonds. The first-order valence-electron chi connectivity index (χ1n) is 10.9. The third-order valence-corrected chi connectivity index (χ3v) is 6.79. The zero-order valence-electron chi connectivity index (χ0n) is 19.9. The van der Waals surface area contributed by atoms with Crippen LogP contribution < -0.4 is 11.1 Å². The van der Waals surface area contributed by atoms with Gasteiger partial charge in [-0.2, -0.15) is 0 Å². The number of nitrogens with one attached hydrogen (secondary N) is 1. The van der Waals surface area contributed by atoms with Crippen molar-refractivity contribution in [1.29, 1.82) is 0 Å². The molecule has 1 fully saturated rings. The summed E-state index contributed by atoms with van der Waals surface area (Å²) in [6, 6.07) is 6.97. The Bertz CT molecular complexity index is 905. The van der Waals surface area contributed by atoms with Crippen LogP contribution in [0.25, 0.3) is 10.4 Å². The number of hydrogen-bond donors (Lipinski definition) is 3. The number of likely N-dealkylation sites (tertiary alicyclic amines) is 1. The predicted octanol–water partition coefficient (Wildman–Crippen LogP) is 3.27. The molecule has 2 aromatic rings. The molecular weight excluding hydrogens is 424 g/mol. The highest BCUT2D eigenvalue weighted by molar-refractivity contribution is 7.13. The first-order chi connectivity index (χ1) is 15.1. The number of aromatic nitrogens is 1. The lowest BCUT2D eigenvalue weighted by Gasteiger charge is -2.33. The van der Waals surface area contributed by atoms with Gasteiger partial charge in [0.2, 0.25) is 11.8 Å². The van der Waals surface area contributed by atoms with Gasteiger partial charge in [0, 0.05) is 13.7 Å². The minimum Gasteiger partial charge on any atom is -0.400 e. The monoisotopic (exact) mass is 460 g/mol. The SMILES string of the molecule is CO.Cc1ncsc1-c1ccc(C(C)NC(=O)C2CCCN2C(=O)C(N)C(C)(C)C)cc1. The molecule has 7 nitrogen and oxygen atoms in total. The maximum Gasteiger partial charge on any atom is 0.243 e. The molecule has 0 aliphatic carbocycles. The Balaban J connectivity index is 0.00000176. The van der Waals surface area contributed by atoms with Gasteiger partial charge in [0.1, 0.15) is 6.04 Å². The number of aliphatic hydroxyl groups excluding tert-OH is 1. The average molecular weight is 461 g/mol. The van der Waals surface area contributed by atoms with Crippen LogP contribution in [0.4, 0.5) is 0 Å².